The van der Waals surface area contributed by atoms with Crippen LogP contribution >= 0.6 is 0 Å². The lowest BCUT2D eigenvalue weighted by molar-refractivity contribution is -0.121. The van der Waals surface area contributed by atoms with Gasteiger partial charge in [-0.05, 0) is 17.7 Å². The first-order valence-electron chi connectivity index (χ1n) is 7.58. The van der Waals surface area contributed by atoms with Gasteiger partial charge in [0.05, 0.1) is 19.0 Å². The van der Waals surface area contributed by atoms with Gasteiger partial charge in [0.2, 0.25) is 5.91 Å². The molecular weight excluding hydrogens is 318 g/mol. The summed E-state index contributed by atoms with van der Waals surface area (Å²) in [6.07, 6.45) is 2.61. The van der Waals surface area contributed by atoms with Gasteiger partial charge < -0.3 is 14.8 Å². The minimum atomic E-state index is -3.11. The van der Waals surface area contributed by atoms with Gasteiger partial charge in [-0.1, -0.05) is 12.1 Å². The second-order valence-electron chi connectivity index (χ2n) is 5.73. The molecule has 6 nitrogen and oxygen atoms in total. The van der Waals surface area contributed by atoms with Gasteiger partial charge in [0.1, 0.15) is 0 Å². The van der Waals surface area contributed by atoms with E-state index in [0.717, 1.165) is 17.7 Å². The van der Waals surface area contributed by atoms with Gasteiger partial charge in [0.15, 0.2) is 21.3 Å². The van der Waals surface area contributed by atoms with E-state index in [0.29, 0.717) is 25.5 Å². The Morgan fingerprint density at radius 3 is 2.74 bits per heavy atom. The molecule has 23 heavy (non-hydrogen) atoms. The number of benzene rings is 1. The first kappa shape index (κ1) is 15.9. The molecule has 0 radical (unpaired) electrons. The average Bonchev–Trinajstić information content (AvgIpc) is 2.72. The van der Waals surface area contributed by atoms with E-state index in [4.69, 9.17) is 9.47 Å². The van der Waals surface area contributed by atoms with Gasteiger partial charge in [-0.15, -0.1) is 0 Å². The number of nitrogens with one attached hydrogen (secondary N) is 1. The number of ether oxygens (including phenoxy) is 2. The van der Waals surface area contributed by atoms with Crippen LogP contribution in [0.3, 0.4) is 0 Å². The third-order valence-electron chi connectivity index (χ3n) is 3.75. The lowest BCUT2D eigenvalue weighted by atomic mass is 10.1. The molecule has 2 aliphatic rings. The number of rotatable bonds is 4. The quantitative estimate of drug-likeness (QED) is 0.898. The summed E-state index contributed by atoms with van der Waals surface area (Å²) < 4.78 is 33.8. The molecule has 0 saturated carbocycles. The molecule has 0 aliphatic carbocycles. The van der Waals surface area contributed by atoms with Crippen molar-refractivity contribution in [3.8, 4) is 11.5 Å². The van der Waals surface area contributed by atoms with E-state index < -0.39 is 9.84 Å². The fraction of sp³-hybridized carbons (Fsp3) is 0.438. The molecule has 1 atom stereocenters. The number of sulfone groups is 1. The Morgan fingerprint density at radius 2 is 2.00 bits per heavy atom. The number of hydrogen-bond acceptors (Lipinski definition) is 5. The fourth-order valence-corrected chi connectivity index (χ4v) is 3.99. The van der Waals surface area contributed by atoms with Crippen molar-refractivity contribution < 1.29 is 22.7 Å². The zero-order valence-corrected chi connectivity index (χ0v) is 13.5. The monoisotopic (exact) mass is 337 g/mol. The largest absolute Gasteiger partial charge is 0.490 e. The molecule has 0 spiro atoms. The van der Waals surface area contributed by atoms with Crippen molar-refractivity contribution in [1.82, 2.24) is 5.32 Å². The maximum Gasteiger partial charge on any atom is 0.220 e. The van der Waals surface area contributed by atoms with Crippen LogP contribution in [0.15, 0.2) is 29.7 Å². The molecule has 0 bridgehead atoms. The van der Waals surface area contributed by atoms with Crippen LogP contribution in [0.1, 0.15) is 18.4 Å². The van der Waals surface area contributed by atoms with Crippen LogP contribution < -0.4 is 14.8 Å². The molecule has 7 heteroatoms. The normalized spacial score (nSPS) is 21.7. The van der Waals surface area contributed by atoms with Crippen molar-refractivity contribution in [2.24, 2.45) is 5.92 Å². The first-order valence-corrected chi connectivity index (χ1v) is 9.29. The Balaban J connectivity index is 1.53. The minimum absolute atomic E-state index is 0.0183. The molecular formula is C16H19NO5S. The Kier molecular flexibility index (Phi) is 4.56. The minimum Gasteiger partial charge on any atom is -0.490 e. The van der Waals surface area contributed by atoms with Gasteiger partial charge >= 0.3 is 0 Å². The number of carbonyl (C=O) groups excluding carboxylic acids is 1. The highest BCUT2D eigenvalue weighted by atomic mass is 32.2. The Bertz CT molecular complexity index is 726. The molecule has 1 N–H and O–H groups in total. The van der Waals surface area contributed by atoms with Crippen molar-refractivity contribution in [3.05, 3.63) is 35.2 Å². The van der Waals surface area contributed by atoms with Crippen LogP contribution in [-0.2, 0) is 21.2 Å². The SMILES string of the molecule is O=C(C[C@@H]1C=CS(=O)(=O)C1)NCc1ccc2c(c1)OCCCO2. The van der Waals surface area contributed by atoms with Gasteiger partial charge in [-0.3, -0.25) is 4.79 Å². The molecule has 2 aliphatic heterocycles. The smallest absolute Gasteiger partial charge is 0.220 e. The van der Waals surface area contributed by atoms with Crippen molar-refractivity contribution in [3.63, 3.8) is 0 Å². The van der Waals surface area contributed by atoms with Crippen LogP contribution in [-0.4, -0.2) is 33.3 Å². The molecule has 0 saturated heterocycles. The third kappa shape index (κ3) is 4.25. The molecule has 3 rings (SSSR count). The maximum absolute atomic E-state index is 11.9. The van der Waals surface area contributed by atoms with Crippen LogP contribution in [0.25, 0.3) is 0 Å². The van der Waals surface area contributed by atoms with E-state index in [1.807, 2.05) is 18.2 Å². The van der Waals surface area contributed by atoms with Crippen LogP contribution in [0.2, 0.25) is 0 Å². The zero-order chi connectivity index (χ0) is 16.3. The van der Waals surface area contributed by atoms with E-state index in [9.17, 15) is 13.2 Å². The van der Waals surface area contributed by atoms with Crippen LogP contribution in [0, 0.1) is 5.92 Å². The van der Waals surface area contributed by atoms with Gasteiger partial charge in [0.25, 0.3) is 0 Å². The summed E-state index contributed by atoms with van der Waals surface area (Å²) in [4.78, 5) is 11.9. The Morgan fingerprint density at radius 1 is 1.22 bits per heavy atom. The maximum atomic E-state index is 11.9. The summed E-state index contributed by atoms with van der Waals surface area (Å²) in [6.45, 7) is 1.63. The van der Waals surface area contributed by atoms with E-state index in [-0.39, 0.29) is 24.0 Å². The topological polar surface area (TPSA) is 81.7 Å². The Hall–Kier alpha value is -2.02. The molecule has 124 valence electrons. The summed E-state index contributed by atoms with van der Waals surface area (Å²) in [5.74, 6) is 1.04. The highest BCUT2D eigenvalue weighted by Gasteiger charge is 2.23. The number of fused-ring (bicyclic) bond motifs is 1. The van der Waals surface area contributed by atoms with Crippen LogP contribution in [0.4, 0.5) is 0 Å². The summed E-state index contributed by atoms with van der Waals surface area (Å²) >= 11 is 0. The second kappa shape index (κ2) is 6.62. The molecule has 1 aromatic carbocycles. The van der Waals surface area contributed by atoms with Crippen molar-refractivity contribution in [2.45, 2.75) is 19.4 Å². The molecule has 1 aromatic rings. The third-order valence-corrected chi connectivity index (χ3v) is 5.22. The standard InChI is InChI=1S/C16H19NO5S/c18-16(9-13-4-7-23(19,20)11-13)17-10-12-2-3-14-15(8-12)22-6-1-5-21-14/h2-4,7-8,13H,1,5-6,9-11H2,(H,17,18)/t13-/m0/s1. The van der Waals surface area contributed by atoms with E-state index in [1.165, 1.54) is 5.41 Å². The first-order chi connectivity index (χ1) is 11.0. The molecule has 2 heterocycles. The lowest BCUT2D eigenvalue weighted by Crippen LogP contribution is -2.25. The predicted octanol–water partition coefficient (Wildman–Crippen LogP) is 1.41. The van der Waals surface area contributed by atoms with Gasteiger partial charge in [0, 0.05) is 30.7 Å². The van der Waals surface area contributed by atoms with Crippen molar-refractivity contribution >= 4 is 15.7 Å². The average molecular weight is 337 g/mol. The second-order valence-corrected chi connectivity index (χ2v) is 7.66. The lowest BCUT2D eigenvalue weighted by Gasteiger charge is -2.11. The highest BCUT2D eigenvalue weighted by Crippen LogP contribution is 2.30. The number of carbonyl (C=O) groups is 1. The summed E-state index contributed by atoms with van der Waals surface area (Å²) in [5, 5.41) is 4.00. The molecule has 0 fully saturated rings. The van der Waals surface area contributed by atoms with E-state index in [2.05, 4.69) is 5.32 Å². The highest BCUT2D eigenvalue weighted by molar-refractivity contribution is 7.94. The van der Waals surface area contributed by atoms with E-state index >= 15 is 0 Å². The number of hydrogen-bond donors (Lipinski definition) is 1. The number of amides is 1. The predicted molar refractivity (Wildman–Crippen MR) is 84.9 cm³/mol. The zero-order valence-electron chi connectivity index (χ0n) is 12.7. The summed E-state index contributed by atoms with van der Waals surface area (Å²) in [7, 11) is -3.11. The molecule has 1 amide bonds. The van der Waals surface area contributed by atoms with Crippen molar-refractivity contribution in [1.29, 1.82) is 0 Å². The molecule has 0 aromatic heterocycles. The van der Waals surface area contributed by atoms with Gasteiger partial charge in [-0.2, -0.15) is 0 Å². The van der Waals surface area contributed by atoms with Gasteiger partial charge in [-0.25, -0.2) is 8.42 Å². The fourth-order valence-electron chi connectivity index (χ4n) is 2.60. The summed E-state index contributed by atoms with van der Waals surface area (Å²) in [6, 6.07) is 5.59. The number of allylic oxidation sites excluding steroid dienone is 1. The summed E-state index contributed by atoms with van der Waals surface area (Å²) in [5.41, 5.74) is 0.914. The van der Waals surface area contributed by atoms with Crippen LogP contribution in [0.5, 0.6) is 11.5 Å². The van der Waals surface area contributed by atoms with Crippen molar-refractivity contribution in [2.75, 3.05) is 19.0 Å². The molecule has 0 unspecified atom stereocenters. The van der Waals surface area contributed by atoms with E-state index in [1.54, 1.807) is 6.08 Å². The Labute approximate surface area is 135 Å².